The summed E-state index contributed by atoms with van der Waals surface area (Å²) in [5, 5.41) is 0.433. The van der Waals surface area contributed by atoms with Gasteiger partial charge in [-0.05, 0) is 43.7 Å². The maximum Gasteiger partial charge on any atom is 0.0367 e. The van der Waals surface area contributed by atoms with Crippen molar-refractivity contribution in [1.82, 2.24) is 0 Å². The maximum atomic E-state index is 6.27. The minimum atomic E-state index is 0.433. The summed E-state index contributed by atoms with van der Waals surface area (Å²) in [5.74, 6) is 0.736. The first-order valence-corrected chi connectivity index (χ1v) is 6.76. The van der Waals surface area contributed by atoms with E-state index in [0.717, 1.165) is 5.92 Å². The van der Waals surface area contributed by atoms with E-state index >= 15 is 0 Å². The van der Waals surface area contributed by atoms with Crippen molar-refractivity contribution in [1.29, 1.82) is 0 Å². The Morgan fingerprint density at radius 2 is 2.14 bits per heavy atom. The van der Waals surface area contributed by atoms with Gasteiger partial charge in [0.1, 0.15) is 0 Å². The van der Waals surface area contributed by atoms with Crippen LogP contribution >= 0.6 is 22.9 Å². The molecule has 0 N–H and O–H groups in total. The molecule has 0 aromatic carbocycles. The van der Waals surface area contributed by atoms with Crippen molar-refractivity contribution in [3.63, 3.8) is 0 Å². The average molecular weight is 229 g/mol. The van der Waals surface area contributed by atoms with Gasteiger partial charge in [0.2, 0.25) is 0 Å². The second kappa shape index (κ2) is 4.67. The van der Waals surface area contributed by atoms with Crippen LogP contribution in [0.2, 0.25) is 0 Å². The Labute approximate surface area is 95.3 Å². The van der Waals surface area contributed by atoms with Crippen molar-refractivity contribution in [3.8, 4) is 0 Å². The van der Waals surface area contributed by atoms with Gasteiger partial charge < -0.3 is 0 Å². The molecule has 1 saturated carbocycles. The summed E-state index contributed by atoms with van der Waals surface area (Å²) in [4.78, 5) is 3.03. The first-order chi connectivity index (χ1) is 6.79. The molecular weight excluding hydrogens is 212 g/mol. The zero-order valence-electron chi connectivity index (χ0n) is 8.63. The number of halogens is 1. The number of alkyl halides is 1. The number of rotatable bonds is 3. The lowest BCUT2D eigenvalue weighted by Crippen LogP contribution is -2.09. The summed E-state index contributed by atoms with van der Waals surface area (Å²) in [6, 6.07) is 4.55. The highest BCUT2D eigenvalue weighted by Gasteiger charge is 2.25. The molecule has 1 fully saturated rings. The summed E-state index contributed by atoms with van der Waals surface area (Å²) < 4.78 is 0. The lowest BCUT2D eigenvalue weighted by Gasteiger charge is -2.11. The molecule has 0 radical (unpaired) electrons. The first kappa shape index (κ1) is 10.5. The Hall–Kier alpha value is -0.0100. The molecule has 2 unspecified atom stereocenters. The van der Waals surface area contributed by atoms with E-state index in [9.17, 15) is 0 Å². The van der Waals surface area contributed by atoms with Crippen LogP contribution in [-0.2, 0) is 12.8 Å². The van der Waals surface area contributed by atoms with Gasteiger partial charge >= 0.3 is 0 Å². The highest BCUT2D eigenvalue weighted by molar-refractivity contribution is 7.11. The van der Waals surface area contributed by atoms with E-state index in [4.69, 9.17) is 11.6 Å². The van der Waals surface area contributed by atoms with Gasteiger partial charge in [0.25, 0.3) is 0 Å². The van der Waals surface area contributed by atoms with E-state index in [1.54, 1.807) is 0 Å². The molecule has 2 atom stereocenters. The van der Waals surface area contributed by atoms with Crippen LogP contribution in [0.3, 0.4) is 0 Å². The maximum absolute atomic E-state index is 6.27. The third-order valence-corrected chi connectivity index (χ3v) is 4.92. The van der Waals surface area contributed by atoms with Crippen molar-refractivity contribution in [2.75, 3.05) is 0 Å². The van der Waals surface area contributed by atoms with E-state index in [2.05, 4.69) is 19.1 Å². The fourth-order valence-corrected chi connectivity index (χ4v) is 3.62. The van der Waals surface area contributed by atoms with Crippen LogP contribution in [0.1, 0.15) is 35.9 Å². The Morgan fingerprint density at radius 3 is 2.71 bits per heavy atom. The number of hydrogen-bond acceptors (Lipinski definition) is 1. The molecule has 1 heterocycles. The molecule has 0 bridgehead atoms. The molecule has 2 rings (SSSR count). The molecule has 1 aromatic heterocycles. The van der Waals surface area contributed by atoms with Gasteiger partial charge in [0.15, 0.2) is 0 Å². The van der Waals surface area contributed by atoms with E-state index in [1.165, 1.54) is 41.9 Å². The van der Waals surface area contributed by atoms with Crippen LogP contribution in [0.5, 0.6) is 0 Å². The number of hydrogen-bond donors (Lipinski definition) is 0. The quantitative estimate of drug-likeness (QED) is 0.679. The van der Waals surface area contributed by atoms with Crippen LogP contribution in [0.4, 0.5) is 0 Å². The molecule has 0 aliphatic heterocycles. The fraction of sp³-hybridized carbons (Fsp3) is 0.667. The van der Waals surface area contributed by atoms with E-state index in [-0.39, 0.29) is 0 Å². The minimum Gasteiger partial charge on any atom is -0.145 e. The zero-order chi connectivity index (χ0) is 9.97. The second-order valence-electron chi connectivity index (χ2n) is 4.13. The summed E-state index contributed by atoms with van der Waals surface area (Å²) in [5.41, 5.74) is 0. The zero-order valence-corrected chi connectivity index (χ0v) is 10.2. The van der Waals surface area contributed by atoms with E-state index < -0.39 is 0 Å². The van der Waals surface area contributed by atoms with Crippen molar-refractivity contribution in [2.24, 2.45) is 5.92 Å². The third kappa shape index (κ3) is 2.32. The lowest BCUT2D eigenvalue weighted by atomic mass is 10.0. The molecule has 78 valence electrons. The molecule has 14 heavy (non-hydrogen) atoms. The molecule has 1 aliphatic carbocycles. The van der Waals surface area contributed by atoms with Crippen molar-refractivity contribution >= 4 is 22.9 Å². The third-order valence-electron chi connectivity index (χ3n) is 3.10. The molecule has 0 spiro atoms. The summed E-state index contributed by atoms with van der Waals surface area (Å²) in [7, 11) is 0. The van der Waals surface area contributed by atoms with Gasteiger partial charge in [-0.25, -0.2) is 0 Å². The molecule has 0 saturated heterocycles. The van der Waals surface area contributed by atoms with Crippen LogP contribution < -0.4 is 0 Å². The van der Waals surface area contributed by atoms with E-state index in [1.807, 2.05) is 11.3 Å². The molecule has 2 heteroatoms. The lowest BCUT2D eigenvalue weighted by molar-refractivity contribution is 0.557. The first-order valence-electron chi connectivity index (χ1n) is 5.51. The van der Waals surface area contributed by atoms with Gasteiger partial charge in [0.05, 0.1) is 0 Å². The topological polar surface area (TPSA) is 0 Å². The van der Waals surface area contributed by atoms with Crippen LogP contribution in [-0.4, -0.2) is 5.38 Å². The monoisotopic (exact) mass is 228 g/mol. The van der Waals surface area contributed by atoms with Crippen LogP contribution in [0, 0.1) is 5.92 Å². The Kier molecular flexibility index (Phi) is 3.51. The number of thiophene rings is 1. The summed E-state index contributed by atoms with van der Waals surface area (Å²) in [6.07, 6.45) is 6.25. The minimum absolute atomic E-state index is 0.433. The predicted molar refractivity (Wildman–Crippen MR) is 64.4 cm³/mol. The normalized spacial score (nSPS) is 27.0. The van der Waals surface area contributed by atoms with Crippen LogP contribution in [0.25, 0.3) is 0 Å². The van der Waals surface area contributed by atoms with Gasteiger partial charge in [-0.2, -0.15) is 0 Å². The second-order valence-corrected chi connectivity index (χ2v) is 5.95. The standard InChI is InChI=1S/C12H17ClS/c1-2-10-6-7-11(14-10)8-9-4-3-5-12(9)13/h6-7,9,12H,2-5,8H2,1H3. The molecule has 0 amide bonds. The summed E-state index contributed by atoms with van der Waals surface area (Å²) in [6.45, 7) is 2.22. The molecule has 1 aromatic rings. The Morgan fingerprint density at radius 1 is 1.36 bits per heavy atom. The smallest absolute Gasteiger partial charge is 0.0367 e. The van der Waals surface area contributed by atoms with Crippen LogP contribution in [0.15, 0.2) is 12.1 Å². The van der Waals surface area contributed by atoms with E-state index in [0.29, 0.717) is 5.38 Å². The molecule has 1 aliphatic rings. The summed E-state index contributed by atoms with van der Waals surface area (Å²) >= 11 is 8.24. The molecule has 0 nitrogen and oxygen atoms in total. The Bertz CT molecular complexity index is 292. The van der Waals surface area contributed by atoms with Gasteiger partial charge in [-0.1, -0.05) is 13.3 Å². The van der Waals surface area contributed by atoms with Crippen molar-refractivity contribution < 1.29 is 0 Å². The average Bonchev–Trinajstić information content (AvgIpc) is 2.77. The fourth-order valence-electron chi connectivity index (χ4n) is 2.20. The van der Waals surface area contributed by atoms with Crippen molar-refractivity contribution in [3.05, 3.63) is 21.9 Å². The number of aryl methyl sites for hydroxylation is 1. The SMILES string of the molecule is CCc1ccc(CC2CCCC2Cl)s1. The van der Waals surface area contributed by atoms with Gasteiger partial charge in [-0.3, -0.25) is 0 Å². The van der Waals surface area contributed by atoms with Gasteiger partial charge in [-0.15, -0.1) is 22.9 Å². The van der Waals surface area contributed by atoms with Gasteiger partial charge in [0, 0.05) is 15.1 Å². The highest BCUT2D eigenvalue weighted by Crippen LogP contribution is 2.34. The Balaban J connectivity index is 1.96. The van der Waals surface area contributed by atoms with Crippen molar-refractivity contribution in [2.45, 2.75) is 44.4 Å². The predicted octanol–water partition coefficient (Wildman–Crippen LogP) is 4.26. The molecular formula is C12H17ClS. The highest BCUT2D eigenvalue weighted by atomic mass is 35.5. The largest absolute Gasteiger partial charge is 0.145 e.